The van der Waals surface area contributed by atoms with Crippen molar-refractivity contribution in [2.75, 3.05) is 46.3 Å². The first-order valence-corrected chi connectivity index (χ1v) is 9.84. The van der Waals surface area contributed by atoms with Gasteiger partial charge < -0.3 is 19.4 Å². The topological polar surface area (TPSA) is 53.1 Å². The van der Waals surface area contributed by atoms with Gasteiger partial charge in [-0.2, -0.15) is 0 Å². The van der Waals surface area contributed by atoms with E-state index in [4.69, 9.17) is 4.74 Å². The highest BCUT2D eigenvalue weighted by molar-refractivity contribution is 5.93. The second-order valence-corrected chi connectivity index (χ2v) is 9.64. The van der Waals surface area contributed by atoms with Crippen LogP contribution in [0, 0.1) is 17.3 Å². The van der Waals surface area contributed by atoms with Crippen molar-refractivity contribution in [2.24, 2.45) is 17.3 Å². The fourth-order valence-corrected chi connectivity index (χ4v) is 5.04. The van der Waals surface area contributed by atoms with Gasteiger partial charge >= 0.3 is 0 Å². The number of fused-ring (bicyclic) bond motifs is 1. The molecule has 0 N–H and O–H groups in total. The molecule has 0 aromatic heterocycles. The van der Waals surface area contributed by atoms with Crippen LogP contribution in [0.5, 0.6) is 0 Å². The largest absolute Gasteiger partial charge is 0.360 e. The molecule has 0 aromatic rings. The van der Waals surface area contributed by atoms with Crippen molar-refractivity contribution in [3.8, 4) is 0 Å². The third-order valence-corrected chi connectivity index (χ3v) is 6.16. The van der Waals surface area contributed by atoms with E-state index in [1.807, 2.05) is 22.0 Å². The van der Waals surface area contributed by atoms with Gasteiger partial charge in [-0.05, 0) is 25.4 Å². The summed E-state index contributed by atoms with van der Waals surface area (Å²) >= 11 is 0. The van der Waals surface area contributed by atoms with Crippen molar-refractivity contribution >= 4 is 11.8 Å². The number of likely N-dealkylation sites (N-methyl/N-ethyl adjacent to an activating group) is 1. The standard InChI is InChI=1S/C20H31N3O3/c1-19(2,3)12-23-13-20-7-6-14(26-20)15(16(20)18(23)25)17(24)22-9-5-8-21(4)10-11-22/h6-7,14-16H,5,8-13H2,1-4H3/t14-,15-,16-,20-/m0/s1. The SMILES string of the molecule is CN1CCCN(C(=O)[C@H]2[C@@H]3C=C[C@@]4(CN(CC(C)(C)C)C(=O)[C@H]24)O3)CC1. The summed E-state index contributed by atoms with van der Waals surface area (Å²) in [6.45, 7) is 11.1. The van der Waals surface area contributed by atoms with Crippen LogP contribution in [0.15, 0.2) is 12.2 Å². The molecule has 1 spiro atoms. The van der Waals surface area contributed by atoms with Crippen LogP contribution in [0.4, 0.5) is 0 Å². The lowest BCUT2D eigenvalue weighted by Gasteiger charge is -2.30. The van der Waals surface area contributed by atoms with Crippen LogP contribution >= 0.6 is 0 Å². The number of rotatable bonds is 2. The number of ether oxygens (including phenoxy) is 1. The number of carbonyl (C=O) groups is 2. The van der Waals surface area contributed by atoms with Crippen LogP contribution < -0.4 is 0 Å². The van der Waals surface area contributed by atoms with Gasteiger partial charge in [0.2, 0.25) is 11.8 Å². The molecule has 6 nitrogen and oxygen atoms in total. The van der Waals surface area contributed by atoms with Gasteiger partial charge in [-0.15, -0.1) is 0 Å². The van der Waals surface area contributed by atoms with Gasteiger partial charge in [0.05, 0.1) is 24.5 Å². The molecule has 4 aliphatic rings. The lowest BCUT2D eigenvalue weighted by atomic mass is 9.76. The minimum absolute atomic E-state index is 0.0293. The van der Waals surface area contributed by atoms with Gasteiger partial charge in [0.15, 0.2) is 0 Å². The molecule has 6 heteroatoms. The fourth-order valence-electron chi connectivity index (χ4n) is 5.04. The second kappa shape index (κ2) is 6.06. The average Bonchev–Trinajstić information content (AvgIpc) is 3.10. The molecule has 0 radical (unpaired) electrons. The molecule has 26 heavy (non-hydrogen) atoms. The Morgan fingerprint density at radius 1 is 1.27 bits per heavy atom. The Hall–Kier alpha value is -1.40. The van der Waals surface area contributed by atoms with Crippen LogP contribution in [0.25, 0.3) is 0 Å². The lowest BCUT2D eigenvalue weighted by molar-refractivity contribution is -0.143. The minimum Gasteiger partial charge on any atom is -0.360 e. The molecule has 0 unspecified atom stereocenters. The predicted octanol–water partition coefficient (Wildman–Crippen LogP) is 0.979. The number of likely N-dealkylation sites (tertiary alicyclic amines) is 1. The Morgan fingerprint density at radius 2 is 2.04 bits per heavy atom. The Bertz CT molecular complexity index is 641. The number of hydrogen-bond acceptors (Lipinski definition) is 4. The van der Waals surface area contributed by atoms with E-state index < -0.39 is 5.60 Å². The van der Waals surface area contributed by atoms with E-state index in [1.165, 1.54) is 0 Å². The summed E-state index contributed by atoms with van der Waals surface area (Å²) in [5.41, 5.74) is -0.558. The maximum absolute atomic E-state index is 13.3. The molecule has 4 heterocycles. The number of hydrogen-bond donors (Lipinski definition) is 0. The minimum atomic E-state index is -0.587. The molecule has 4 rings (SSSR count). The summed E-state index contributed by atoms with van der Waals surface area (Å²) in [6.07, 6.45) is 4.80. The third-order valence-electron chi connectivity index (χ3n) is 6.16. The van der Waals surface area contributed by atoms with E-state index in [-0.39, 0.29) is 35.2 Å². The summed E-state index contributed by atoms with van der Waals surface area (Å²) in [5, 5.41) is 0. The quantitative estimate of drug-likeness (QED) is 0.688. The van der Waals surface area contributed by atoms with E-state index in [1.54, 1.807) is 0 Å². The highest BCUT2D eigenvalue weighted by atomic mass is 16.5. The molecule has 0 aromatic carbocycles. The number of carbonyl (C=O) groups excluding carboxylic acids is 2. The zero-order chi connectivity index (χ0) is 18.7. The van der Waals surface area contributed by atoms with E-state index >= 15 is 0 Å². The predicted molar refractivity (Wildman–Crippen MR) is 98.5 cm³/mol. The number of nitrogens with zero attached hydrogens (tertiary/aromatic N) is 3. The highest BCUT2D eigenvalue weighted by Crippen LogP contribution is 2.52. The summed E-state index contributed by atoms with van der Waals surface area (Å²) in [5.74, 6) is -0.515. The van der Waals surface area contributed by atoms with Crippen molar-refractivity contribution in [2.45, 2.75) is 38.9 Å². The van der Waals surface area contributed by atoms with E-state index in [0.29, 0.717) is 13.1 Å². The molecular weight excluding hydrogens is 330 g/mol. The summed E-state index contributed by atoms with van der Waals surface area (Å²) in [7, 11) is 2.09. The summed E-state index contributed by atoms with van der Waals surface area (Å²) < 4.78 is 6.24. The first-order valence-electron chi connectivity index (χ1n) is 9.84. The van der Waals surface area contributed by atoms with E-state index in [2.05, 4.69) is 32.7 Å². The molecular formula is C20H31N3O3. The third kappa shape index (κ3) is 2.87. The first-order chi connectivity index (χ1) is 12.2. The van der Waals surface area contributed by atoms with Gasteiger partial charge in [-0.3, -0.25) is 9.59 Å². The Kier molecular flexibility index (Phi) is 4.19. The second-order valence-electron chi connectivity index (χ2n) is 9.64. The lowest BCUT2D eigenvalue weighted by Crippen LogP contribution is -2.47. The highest BCUT2D eigenvalue weighted by Gasteiger charge is 2.67. The first kappa shape index (κ1) is 18.0. The van der Waals surface area contributed by atoms with Gasteiger partial charge in [0.25, 0.3) is 0 Å². The van der Waals surface area contributed by atoms with Crippen LogP contribution in [0.3, 0.4) is 0 Å². The van der Waals surface area contributed by atoms with Gasteiger partial charge in [0.1, 0.15) is 5.60 Å². The van der Waals surface area contributed by atoms with Crippen LogP contribution in [-0.4, -0.2) is 84.5 Å². The maximum Gasteiger partial charge on any atom is 0.230 e. The zero-order valence-electron chi connectivity index (χ0n) is 16.4. The molecule has 0 saturated carbocycles. The molecule has 3 saturated heterocycles. The van der Waals surface area contributed by atoms with Crippen molar-refractivity contribution in [3.05, 3.63) is 12.2 Å². The maximum atomic E-state index is 13.3. The Balaban J connectivity index is 1.56. The van der Waals surface area contributed by atoms with Crippen molar-refractivity contribution in [1.29, 1.82) is 0 Å². The molecule has 0 aliphatic carbocycles. The van der Waals surface area contributed by atoms with Crippen LogP contribution in [0.2, 0.25) is 0 Å². The summed E-state index contributed by atoms with van der Waals surface area (Å²) in [4.78, 5) is 32.7. The molecule has 2 bridgehead atoms. The average molecular weight is 361 g/mol. The Morgan fingerprint density at radius 3 is 2.77 bits per heavy atom. The van der Waals surface area contributed by atoms with E-state index in [9.17, 15) is 9.59 Å². The zero-order valence-corrected chi connectivity index (χ0v) is 16.4. The normalized spacial score (nSPS) is 37.4. The van der Waals surface area contributed by atoms with Gasteiger partial charge in [0, 0.05) is 26.2 Å². The van der Waals surface area contributed by atoms with Crippen molar-refractivity contribution < 1.29 is 14.3 Å². The summed E-state index contributed by atoms with van der Waals surface area (Å²) in [6, 6.07) is 0. The molecule has 3 fully saturated rings. The fraction of sp³-hybridized carbons (Fsp3) is 0.800. The smallest absolute Gasteiger partial charge is 0.230 e. The van der Waals surface area contributed by atoms with Crippen molar-refractivity contribution in [3.63, 3.8) is 0 Å². The molecule has 2 amide bonds. The number of amides is 2. The van der Waals surface area contributed by atoms with Gasteiger partial charge in [-0.1, -0.05) is 32.9 Å². The van der Waals surface area contributed by atoms with E-state index in [0.717, 1.165) is 32.6 Å². The van der Waals surface area contributed by atoms with Crippen LogP contribution in [0.1, 0.15) is 27.2 Å². The Labute approximate surface area is 156 Å². The van der Waals surface area contributed by atoms with Gasteiger partial charge in [-0.25, -0.2) is 0 Å². The van der Waals surface area contributed by atoms with Crippen molar-refractivity contribution in [1.82, 2.24) is 14.7 Å². The molecule has 4 aliphatic heterocycles. The van der Waals surface area contributed by atoms with Crippen LogP contribution in [-0.2, 0) is 14.3 Å². The monoisotopic (exact) mass is 361 g/mol. The molecule has 4 atom stereocenters. The molecule has 144 valence electrons.